The molecule has 1 aromatic carbocycles. The topological polar surface area (TPSA) is 84.9 Å². The van der Waals surface area contributed by atoms with Gasteiger partial charge in [-0.3, -0.25) is 9.59 Å². The van der Waals surface area contributed by atoms with Crippen LogP contribution in [0, 0.1) is 0 Å². The fourth-order valence-corrected chi connectivity index (χ4v) is 5.53. The van der Waals surface area contributed by atoms with Gasteiger partial charge in [0.05, 0.1) is 18.1 Å². The molecule has 9 heteroatoms. The Labute approximate surface area is 190 Å². The summed E-state index contributed by atoms with van der Waals surface area (Å²) in [5.74, 6) is 0.402. The van der Waals surface area contributed by atoms with Gasteiger partial charge < -0.3 is 19.7 Å². The molecule has 0 bridgehead atoms. The summed E-state index contributed by atoms with van der Waals surface area (Å²) in [5, 5.41) is 5.09. The first-order valence-electron chi connectivity index (χ1n) is 10.0. The smallest absolute Gasteiger partial charge is 0.341 e. The van der Waals surface area contributed by atoms with E-state index >= 15 is 0 Å². The molecule has 0 aliphatic carbocycles. The lowest BCUT2D eigenvalue weighted by molar-refractivity contribution is -0.130. The van der Waals surface area contributed by atoms with Gasteiger partial charge in [-0.05, 0) is 45.4 Å². The van der Waals surface area contributed by atoms with Crippen LogP contribution in [-0.2, 0) is 14.3 Å². The van der Waals surface area contributed by atoms with Crippen LogP contribution in [0.15, 0.2) is 29.6 Å². The molecule has 2 amide bonds. The Morgan fingerprint density at radius 2 is 1.94 bits per heavy atom. The van der Waals surface area contributed by atoms with Crippen LogP contribution in [0.3, 0.4) is 0 Å². The number of carbonyl (C=O) groups excluding carboxylic acids is 3. The largest absolute Gasteiger partial charge is 0.494 e. The molecule has 2 heterocycles. The number of nitrogens with zero attached hydrogens (tertiary/aromatic N) is 1. The molecule has 0 radical (unpaired) electrons. The number of thioether (sulfide) groups is 1. The normalized spacial score (nSPS) is 17.3. The molecule has 1 aliphatic heterocycles. The lowest BCUT2D eigenvalue weighted by atomic mass is 10.0. The van der Waals surface area contributed by atoms with E-state index in [1.807, 2.05) is 50.4 Å². The van der Waals surface area contributed by atoms with Crippen LogP contribution in [-0.4, -0.2) is 53.1 Å². The summed E-state index contributed by atoms with van der Waals surface area (Å²) in [6.07, 6.45) is 0.705. The number of thiophene rings is 1. The van der Waals surface area contributed by atoms with Crippen LogP contribution < -0.4 is 10.1 Å². The molecule has 7 nitrogen and oxygen atoms in total. The van der Waals surface area contributed by atoms with E-state index in [0.29, 0.717) is 34.9 Å². The number of anilines is 1. The summed E-state index contributed by atoms with van der Waals surface area (Å²) >= 11 is 2.80. The van der Waals surface area contributed by atoms with Gasteiger partial charge in [0.2, 0.25) is 12.3 Å². The zero-order valence-corrected chi connectivity index (χ0v) is 19.6. The maximum absolute atomic E-state index is 13.0. The number of carbonyl (C=O) groups is 3. The second kappa shape index (κ2) is 9.74. The van der Waals surface area contributed by atoms with Crippen LogP contribution in [0.5, 0.6) is 5.75 Å². The summed E-state index contributed by atoms with van der Waals surface area (Å²) in [5.41, 5.74) is 1.80. The van der Waals surface area contributed by atoms with Gasteiger partial charge in [-0.15, -0.1) is 23.1 Å². The Morgan fingerprint density at radius 1 is 1.23 bits per heavy atom. The van der Waals surface area contributed by atoms with Crippen LogP contribution in [0.1, 0.15) is 38.1 Å². The quantitative estimate of drug-likeness (QED) is 0.467. The van der Waals surface area contributed by atoms with Crippen molar-refractivity contribution in [2.24, 2.45) is 0 Å². The molecule has 3 rings (SSSR count). The van der Waals surface area contributed by atoms with Gasteiger partial charge in [-0.25, -0.2) is 4.79 Å². The lowest BCUT2D eigenvalue weighted by Crippen LogP contribution is -2.47. The first-order valence-corrected chi connectivity index (χ1v) is 11.9. The second-order valence-corrected chi connectivity index (χ2v) is 9.81. The van der Waals surface area contributed by atoms with E-state index in [1.165, 1.54) is 28.0 Å². The second-order valence-electron chi connectivity index (χ2n) is 7.31. The number of amides is 2. The van der Waals surface area contributed by atoms with E-state index in [1.54, 1.807) is 6.92 Å². The number of hydrogen-bond donors (Lipinski definition) is 1. The van der Waals surface area contributed by atoms with Gasteiger partial charge in [-0.2, -0.15) is 0 Å². The van der Waals surface area contributed by atoms with Gasteiger partial charge in [0.1, 0.15) is 22.4 Å². The highest BCUT2D eigenvalue weighted by atomic mass is 32.2. The van der Waals surface area contributed by atoms with E-state index in [9.17, 15) is 14.4 Å². The first kappa shape index (κ1) is 23.1. The molecule has 31 heavy (non-hydrogen) atoms. The number of ether oxygens (including phenoxy) is 2. The van der Waals surface area contributed by atoms with Crippen LogP contribution in [0.2, 0.25) is 0 Å². The molecule has 1 N–H and O–H groups in total. The number of hydrogen-bond acceptors (Lipinski definition) is 7. The van der Waals surface area contributed by atoms with Crippen molar-refractivity contribution in [1.29, 1.82) is 0 Å². The highest BCUT2D eigenvalue weighted by molar-refractivity contribution is 8.00. The first-order chi connectivity index (χ1) is 14.8. The zero-order valence-electron chi connectivity index (χ0n) is 18.0. The Bertz CT molecular complexity index is 955. The van der Waals surface area contributed by atoms with Crippen molar-refractivity contribution in [3.8, 4) is 16.9 Å². The average Bonchev–Trinajstić information content (AvgIpc) is 3.28. The molecule has 166 valence electrons. The van der Waals surface area contributed by atoms with Crippen molar-refractivity contribution in [1.82, 2.24) is 4.90 Å². The summed E-state index contributed by atoms with van der Waals surface area (Å²) in [6.45, 7) is 8.24. The van der Waals surface area contributed by atoms with Gasteiger partial charge in [-0.1, -0.05) is 12.1 Å². The molecule has 1 aliphatic rings. The minimum absolute atomic E-state index is 0.219. The molecular formula is C22H26N2O5S2. The molecule has 1 atom stereocenters. The van der Waals surface area contributed by atoms with Crippen molar-refractivity contribution in [2.45, 2.75) is 38.6 Å². The Hall–Kier alpha value is -2.52. The Balaban J connectivity index is 1.91. The molecule has 1 fully saturated rings. The molecule has 0 saturated carbocycles. The van der Waals surface area contributed by atoms with Crippen molar-refractivity contribution in [3.05, 3.63) is 35.2 Å². The fourth-order valence-electron chi connectivity index (χ4n) is 3.38. The van der Waals surface area contributed by atoms with Crippen molar-refractivity contribution < 1.29 is 23.9 Å². The number of nitrogens with one attached hydrogen (secondary N) is 1. The highest BCUT2D eigenvalue weighted by Crippen LogP contribution is 2.40. The molecular weight excluding hydrogens is 436 g/mol. The highest BCUT2D eigenvalue weighted by Gasteiger charge is 2.43. The van der Waals surface area contributed by atoms with Gasteiger partial charge in [0.25, 0.3) is 0 Å². The number of benzene rings is 1. The van der Waals surface area contributed by atoms with E-state index in [0.717, 1.165) is 11.3 Å². The summed E-state index contributed by atoms with van der Waals surface area (Å²) in [6, 6.07) is 6.80. The predicted molar refractivity (Wildman–Crippen MR) is 124 cm³/mol. The standard InChI is InChI=1S/C22H26N2O5S2/c1-5-28-15-9-7-14(8-10-15)16-11-30-20(18(16)21(27)29-6-2)23-19(26)17-12-31-22(3,4)24(17)13-25/h7-11,13,17H,5-6,12H2,1-4H3,(H,23,26). The minimum atomic E-state index is -0.608. The molecule has 1 saturated heterocycles. The van der Waals surface area contributed by atoms with Crippen molar-refractivity contribution in [3.63, 3.8) is 0 Å². The monoisotopic (exact) mass is 462 g/mol. The fraction of sp³-hybridized carbons (Fsp3) is 0.409. The van der Waals surface area contributed by atoms with Gasteiger partial charge in [0.15, 0.2) is 0 Å². The minimum Gasteiger partial charge on any atom is -0.494 e. The van der Waals surface area contributed by atoms with Crippen molar-refractivity contribution >= 4 is 46.4 Å². The zero-order chi connectivity index (χ0) is 22.6. The third kappa shape index (κ3) is 4.88. The van der Waals surface area contributed by atoms with E-state index < -0.39 is 16.9 Å². The summed E-state index contributed by atoms with van der Waals surface area (Å²) in [7, 11) is 0. The molecule has 1 aromatic heterocycles. The summed E-state index contributed by atoms with van der Waals surface area (Å²) in [4.78, 5) is 38.3. The third-order valence-electron chi connectivity index (χ3n) is 4.95. The third-order valence-corrected chi connectivity index (χ3v) is 7.25. The number of rotatable bonds is 8. The molecule has 1 unspecified atom stereocenters. The lowest BCUT2D eigenvalue weighted by Gasteiger charge is -2.30. The average molecular weight is 463 g/mol. The van der Waals surface area contributed by atoms with Crippen LogP contribution in [0.25, 0.3) is 11.1 Å². The van der Waals surface area contributed by atoms with Gasteiger partial charge >= 0.3 is 5.97 Å². The Morgan fingerprint density at radius 3 is 2.55 bits per heavy atom. The van der Waals surface area contributed by atoms with E-state index in [-0.39, 0.29) is 12.5 Å². The maximum atomic E-state index is 13.0. The maximum Gasteiger partial charge on any atom is 0.341 e. The van der Waals surface area contributed by atoms with Crippen molar-refractivity contribution in [2.75, 3.05) is 24.3 Å². The van der Waals surface area contributed by atoms with Gasteiger partial charge in [0, 0.05) is 16.7 Å². The van der Waals surface area contributed by atoms with Crippen LogP contribution >= 0.6 is 23.1 Å². The van der Waals surface area contributed by atoms with E-state index in [2.05, 4.69) is 5.32 Å². The number of esters is 1. The van der Waals surface area contributed by atoms with E-state index in [4.69, 9.17) is 9.47 Å². The molecule has 2 aromatic rings. The van der Waals surface area contributed by atoms with Crippen LogP contribution in [0.4, 0.5) is 5.00 Å². The molecule has 0 spiro atoms. The summed E-state index contributed by atoms with van der Waals surface area (Å²) < 4.78 is 10.7. The SMILES string of the molecule is CCOC(=O)c1c(-c2ccc(OCC)cc2)csc1NC(=O)C1CSC(C)(C)N1C=O. The Kier molecular flexibility index (Phi) is 7.27. The predicted octanol–water partition coefficient (Wildman–Crippen LogP) is 4.24.